The van der Waals surface area contributed by atoms with Gasteiger partial charge in [0.1, 0.15) is 12.7 Å². The average Bonchev–Trinajstić information content (AvgIpc) is 2.04. The van der Waals surface area contributed by atoms with Crippen molar-refractivity contribution in [2.45, 2.75) is 6.67 Å². The summed E-state index contributed by atoms with van der Waals surface area (Å²) in [6.45, 7) is -0.550. The number of alkyl halides is 1. The van der Waals surface area contributed by atoms with E-state index in [9.17, 15) is 4.39 Å². The lowest BCUT2D eigenvalue weighted by Gasteiger charge is -1.96. The molecule has 56 valence electrons. The van der Waals surface area contributed by atoms with Crippen molar-refractivity contribution in [3.05, 3.63) is 34.3 Å². The molecule has 1 rings (SSSR count). The van der Waals surface area contributed by atoms with Crippen molar-refractivity contribution in [1.29, 1.82) is 5.26 Å². The van der Waals surface area contributed by atoms with Crippen LogP contribution >= 0.6 is 11.6 Å². The van der Waals surface area contributed by atoms with Crippen molar-refractivity contribution >= 4 is 11.6 Å². The molecule has 0 radical (unpaired) electrons. The third-order valence-corrected chi connectivity index (χ3v) is 1.62. The van der Waals surface area contributed by atoms with E-state index >= 15 is 0 Å². The molecule has 0 aromatic heterocycles. The highest BCUT2D eigenvalue weighted by Gasteiger charge is 1.99. The Morgan fingerprint density at radius 3 is 2.73 bits per heavy atom. The number of hydrogen-bond donors (Lipinski definition) is 0. The van der Waals surface area contributed by atoms with E-state index in [1.165, 1.54) is 12.1 Å². The highest BCUT2D eigenvalue weighted by Crippen LogP contribution is 2.17. The number of halogens is 2. The van der Waals surface area contributed by atoms with E-state index < -0.39 is 6.67 Å². The summed E-state index contributed by atoms with van der Waals surface area (Å²) < 4.78 is 12.0. The summed E-state index contributed by atoms with van der Waals surface area (Å²) in [6.07, 6.45) is 0. The van der Waals surface area contributed by atoms with Gasteiger partial charge < -0.3 is 0 Å². The maximum Gasteiger partial charge on any atom is 0.115 e. The number of benzene rings is 1. The van der Waals surface area contributed by atoms with Crippen LogP contribution in [0.5, 0.6) is 0 Å². The highest BCUT2D eigenvalue weighted by molar-refractivity contribution is 6.31. The van der Waals surface area contributed by atoms with Crippen LogP contribution in [0.15, 0.2) is 18.2 Å². The second kappa shape index (κ2) is 3.36. The van der Waals surface area contributed by atoms with E-state index in [0.717, 1.165) is 0 Å². The van der Waals surface area contributed by atoms with Crippen LogP contribution in [0.4, 0.5) is 4.39 Å². The molecule has 0 saturated carbocycles. The van der Waals surface area contributed by atoms with Gasteiger partial charge in [0.05, 0.1) is 10.6 Å². The summed E-state index contributed by atoms with van der Waals surface area (Å²) in [7, 11) is 0. The van der Waals surface area contributed by atoms with Gasteiger partial charge in [0.2, 0.25) is 0 Å². The van der Waals surface area contributed by atoms with Gasteiger partial charge in [-0.1, -0.05) is 17.7 Å². The minimum Gasteiger partial charge on any atom is -0.246 e. The Bertz CT molecular complexity index is 303. The Balaban J connectivity index is 3.12. The lowest BCUT2D eigenvalue weighted by molar-refractivity contribution is 0.485. The average molecular weight is 170 g/mol. The van der Waals surface area contributed by atoms with Crippen LogP contribution in [0.2, 0.25) is 5.02 Å². The molecule has 0 unspecified atom stereocenters. The smallest absolute Gasteiger partial charge is 0.115 e. The van der Waals surface area contributed by atoms with Gasteiger partial charge in [0.25, 0.3) is 0 Å². The van der Waals surface area contributed by atoms with Crippen molar-refractivity contribution in [2.24, 2.45) is 0 Å². The second-order valence-electron chi connectivity index (χ2n) is 2.06. The molecule has 1 nitrogen and oxygen atoms in total. The van der Waals surface area contributed by atoms with Gasteiger partial charge in [-0.05, 0) is 17.7 Å². The molecule has 0 N–H and O–H groups in total. The van der Waals surface area contributed by atoms with Crippen molar-refractivity contribution < 1.29 is 4.39 Å². The zero-order valence-electron chi connectivity index (χ0n) is 5.64. The normalized spacial score (nSPS) is 9.18. The first-order valence-corrected chi connectivity index (χ1v) is 3.40. The van der Waals surface area contributed by atoms with Crippen LogP contribution in [-0.4, -0.2) is 0 Å². The number of rotatable bonds is 1. The number of nitrogens with zero attached hydrogens (tertiary/aromatic N) is 1. The maximum absolute atomic E-state index is 12.0. The molecule has 1 aromatic rings. The standard InChI is InChI=1S/C8H5ClFN/c9-8-3-6(4-10)1-2-7(8)5-11/h1-3H,4H2. The van der Waals surface area contributed by atoms with Gasteiger partial charge in [-0.15, -0.1) is 0 Å². The third kappa shape index (κ3) is 1.69. The molecule has 1 aromatic carbocycles. The lowest BCUT2D eigenvalue weighted by Crippen LogP contribution is -1.81. The fourth-order valence-electron chi connectivity index (χ4n) is 0.732. The van der Waals surface area contributed by atoms with E-state index in [0.29, 0.717) is 16.1 Å². The highest BCUT2D eigenvalue weighted by atomic mass is 35.5. The molecule has 3 heteroatoms. The van der Waals surface area contributed by atoms with Crippen LogP contribution in [0.1, 0.15) is 11.1 Å². The van der Waals surface area contributed by atoms with Crippen molar-refractivity contribution in [2.75, 3.05) is 0 Å². The van der Waals surface area contributed by atoms with E-state index in [-0.39, 0.29) is 0 Å². The predicted molar refractivity (Wildman–Crippen MR) is 41.0 cm³/mol. The Morgan fingerprint density at radius 1 is 1.55 bits per heavy atom. The predicted octanol–water partition coefficient (Wildman–Crippen LogP) is 2.68. The van der Waals surface area contributed by atoms with Gasteiger partial charge in [-0.25, -0.2) is 4.39 Å². The molecular formula is C8H5ClFN. The second-order valence-corrected chi connectivity index (χ2v) is 2.47. The summed E-state index contributed by atoms with van der Waals surface area (Å²) in [6, 6.07) is 6.41. The van der Waals surface area contributed by atoms with Crippen molar-refractivity contribution in [3.8, 4) is 6.07 Å². The van der Waals surface area contributed by atoms with Gasteiger partial charge in [0, 0.05) is 0 Å². The van der Waals surface area contributed by atoms with Crippen LogP contribution in [0, 0.1) is 11.3 Å². The van der Waals surface area contributed by atoms with Gasteiger partial charge in [0.15, 0.2) is 0 Å². The van der Waals surface area contributed by atoms with Gasteiger partial charge >= 0.3 is 0 Å². The Labute approximate surface area is 69.0 Å². The molecule has 0 atom stereocenters. The van der Waals surface area contributed by atoms with Crippen molar-refractivity contribution in [3.63, 3.8) is 0 Å². The summed E-state index contributed by atoms with van der Waals surface area (Å²) in [5, 5.41) is 8.76. The Morgan fingerprint density at radius 2 is 2.27 bits per heavy atom. The minimum absolute atomic E-state index is 0.308. The van der Waals surface area contributed by atoms with E-state index in [1.807, 2.05) is 6.07 Å². The zero-order valence-corrected chi connectivity index (χ0v) is 6.40. The first-order chi connectivity index (χ1) is 5.27. The molecule has 0 bridgehead atoms. The van der Waals surface area contributed by atoms with Gasteiger partial charge in [-0.2, -0.15) is 5.26 Å². The monoisotopic (exact) mass is 169 g/mol. The Hall–Kier alpha value is -1.07. The van der Waals surface area contributed by atoms with Crippen molar-refractivity contribution in [1.82, 2.24) is 0 Å². The Kier molecular flexibility index (Phi) is 2.45. The van der Waals surface area contributed by atoms with Crippen LogP contribution in [-0.2, 0) is 6.67 Å². The summed E-state index contributed by atoms with van der Waals surface area (Å²) in [4.78, 5) is 0. The fourth-order valence-corrected chi connectivity index (χ4v) is 0.978. The molecular weight excluding hydrogens is 165 g/mol. The lowest BCUT2D eigenvalue weighted by atomic mass is 10.2. The molecule has 0 fully saturated rings. The molecule has 0 heterocycles. The van der Waals surface area contributed by atoms with Crippen LogP contribution < -0.4 is 0 Å². The largest absolute Gasteiger partial charge is 0.246 e. The van der Waals surface area contributed by atoms with Crippen LogP contribution in [0.3, 0.4) is 0 Å². The molecule has 0 aliphatic carbocycles. The molecule has 0 saturated heterocycles. The first kappa shape index (κ1) is 8.03. The van der Waals surface area contributed by atoms with E-state index in [4.69, 9.17) is 16.9 Å². The zero-order chi connectivity index (χ0) is 8.27. The molecule has 0 spiro atoms. The number of hydrogen-bond acceptors (Lipinski definition) is 1. The van der Waals surface area contributed by atoms with E-state index in [1.54, 1.807) is 6.07 Å². The maximum atomic E-state index is 12.0. The minimum atomic E-state index is -0.550. The first-order valence-electron chi connectivity index (χ1n) is 3.02. The molecule has 11 heavy (non-hydrogen) atoms. The van der Waals surface area contributed by atoms with Gasteiger partial charge in [-0.3, -0.25) is 0 Å². The third-order valence-electron chi connectivity index (χ3n) is 1.31. The van der Waals surface area contributed by atoms with Crippen LogP contribution in [0.25, 0.3) is 0 Å². The summed E-state index contributed by atoms with van der Waals surface area (Å²) >= 11 is 5.62. The summed E-state index contributed by atoms with van der Waals surface area (Å²) in [5.74, 6) is 0. The molecule has 0 amide bonds. The SMILES string of the molecule is N#Cc1ccc(CF)cc1Cl. The molecule has 0 aliphatic rings. The summed E-state index contributed by atoms with van der Waals surface area (Å²) in [5.41, 5.74) is 0.873. The van der Waals surface area contributed by atoms with E-state index in [2.05, 4.69) is 0 Å². The number of nitriles is 1. The fraction of sp³-hybridized carbons (Fsp3) is 0.125. The topological polar surface area (TPSA) is 23.8 Å². The molecule has 0 aliphatic heterocycles. The quantitative estimate of drug-likeness (QED) is 0.634.